The van der Waals surface area contributed by atoms with Gasteiger partial charge in [-0.3, -0.25) is 24.4 Å². The van der Waals surface area contributed by atoms with Gasteiger partial charge in [-0.1, -0.05) is 64.5 Å². The van der Waals surface area contributed by atoms with Crippen LogP contribution in [0.3, 0.4) is 0 Å². The average Bonchev–Trinajstić information content (AvgIpc) is 0.815. The minimum Gasteiger partial charge on any atom is -0.465 e. The molecule has 0 fully saturated rings. The van der Waals surface area contributed by atoms with Crippen molar-refractivity contribution >= 4 is 155 Å². The number of hydrogen-bond donors (Lipinski definition) is 5. The lowest BCUT2D eigenvalue weighted by molar-refractivity contribution is -0.118. The van der Waals surface area contributed by atoms with Crippen molar-refractivity contribution < 1.29 is 69.8 Å². The van der Waals surface area contributed by atoms with Gasteiger partial charge in [0, 0.05) is 109 Å². The topological polar surface area (TPSA) is 210 Å². The first-order chi connectivity index (χ1) is 52.7. The number of halogens is 13. The van der Waals surface area contributed by atoms with Crippen LogP contribution in [-0.2, 0) is 74.4 Å². The Hall–Kier alpha value is -8.31. The number of rotatable bonds is 14. The number of nitrogens with two attached hydrogens (primary N) is 1. The van der Waals surface area contributed by atoms with Crippen molar-refractivity contribution in [2.75, 3.05) is 71.8 Å². The number of benzene rings is 9. The average molecular weight is 1720 g/mol. The van der Waals surface area contributed by atoms with Gasteiger partial charge in [-0.2, -0.15) is 0 Å². The van der Waals surface area contributed by atoms with Crippen LogP contribution in [0.15, 0.2) is 194 Å². The van der Waals surface area contributed by atoms with Gasteiger partial charge in [-0.15, -0.1) is 23.2 Å². The molecular weight excluding hydrogens is 1630 g/mol. The molecule has 0 aliphatic carbocycles. The summed E-state index contributed by atoms with van der Waals surface area (Å²) in [7, 11) is 17.6. The molecule has 0 unspecified atom stereocenters. The number of carbonyl (C=O) groups excluding carboxylic acids is 6. The van der Waals surface area contributed by atoms with Gasteiger partial charge in [0.25, 0.3) is 5.91 Å². The summed E-state index contributed by atoms with van der Waals surface area (Å²) < 4.78 is 85.8. The van der Waals surface area contributed by atoms with Crippen LogP contribution in [0.4, 0.5) is 54.8 Å². The fourth-order valence-electron chi connectivity index (χ4n) is 11.0. The maximum atomic E-state index is 13.3. The summed E-state index contributed by atoms with van der Waals surface area (Å²) in [5.74, 6) is -1.67. The Kier molecular flexibility index (Phi) is 42.4. The van der Waals surface area contributed by atoms with Crippen molar-refractivity contribution in [3.63, 3.8) is 0 Å². The third-order valence-electron chi connectivity index (χ3n) is 16.3. The quantitative estimate of drug-likeness (QED) is 0.0100. The lowest BCUT2D eigenvalue weighted by Gasteiger charge is -2.31. The van der Waals surface area contributed by atoms with Crippen LogP contribution in [0.25, 0.3) is 0 Å². The number of nitrogen functional groups attached to an aromatic ring is 1. The van der Waals surface area contributed by atoms with E-state index in [9.17, 15) is 55.1 Å². The third kappa shape index (κ3) is 34.5. The predicted molar refractivity (Wildman–Crippen MR) is 433 cm³/mol. The number of hydrogen-bond acceptors (Lipinski definition) is 13. The Bertz CT molecular complexity index is 4240. The highest BCUT2D eigenvalue weighted by atomic mass is 79.9. The standard InChI is InChI=1S/C18H18FNO2.C17H17FN2O2.C10H10ClFO.C9H9BrO2.C9H8FNO.C9H10FN.C6H6FN.C3H4Cl2O.Al.3ClH/c1-22-18(21)14-6-4-13(5-7-14)12-20-10-2-3-15-11-16(19)8-9-17(15)20;18-15-7-8-16-14(10-15)2-1-9-20(16)11-12-3-5-13(6-4-12)17(21)19-22;11-6-5-10(13)7-8-1-3-9(12)4-2-8;1-12-9(11)8-4-2-7(6-10)3-5-8;10-7-2-3-8-6(5-7)1-4-9(12)11-8;10-8-3-4-9-7(6-8)2-1-5-11-9;7-5-1-3-6(8)4-2-5;4-2-1-3(5)6;;;;/h4-9,11H,2-3,10,12H2,1H3;3-8,10,22H,1-2,9,11H2,(H,19,21);1-4H,5-7H2;2-5H,6H2,1H3;2-3,5H,1,4H2,(H,11,12);3-4,6,11H,1-2,5H2;1-4H,8H2;1-2H2;;3*1H/q;;;;;;;;+3;;;/p-3. The molecule has 584 valence electrons. The molecular formula is C81H82AlBrCl6F6N6O9. The number of anilines is 5. The zero-order valence-corrected chi connectivity index (χ0v) is 67.4. The zero-order chi connectivity index (χ0) is 80.5. The Morgan fingerprint density at radius 3 is 1.32 bits per heavy atom. The number of nitrogens with zero attached hydrogens (tertiary/aromatic N) is 2. The normalized spacial score (nSPS) is 12.2. The number of amides is 2. The number of ether oxygens (including phenoxy) is 2. The van der Waals surface area contributed by atoms with E-state index in [1.807, 2.05) is 54.6 Å². The van der Waals surface area contributed by atoms with Gasteiger partial charge in [0.1, 0.15) is 40.7 Å². The van der Waals surface area contributed by atoms with E-state index in [0.717, 1.165) is 137 Å². The van der Waals surface area contributed by atoms with E-state index in [4.69, 9.17) is 80.6 Å². The van der Waals surface area contributed by atoms with Gasteiger partial charge in [0.2, 0.25) is 11.1 Å². The Labute approximate surface area is 676 Å². The van der Waals surface area contributed by atoms with Gasteiger partial charge < -0.3 is 35.6 Å². The van der Waals surface area contributed by atoms with Crippen molar-refractivity contribution in [3.05, 3.63) is 290 Å². The number of aryl methyl sites for hydroxylation is 4. The van der Waals surface area contributed by atoms with Crippen LogP contribution >= 0.6 is 80.9 Å². The number of ketones is 1. The van der Waals surface area contributed by atoms with Crippen molar-refractivity contribution in [3.8, 4) is 0 Å². The summed E-state index contributed by atoms with van der Waals surface area (Å²) in [5, 5.41) is 14.9. The lowest BCUT2D eigenvalue weighted by atomic mass is 10.0. The molecule has 0 atom stereocenters. The second kappa shape index (κ2) is 50.6. The van der Waals surface area contributed by atoms with Gasteiger partial charge in [-0.25, -0.2) is 71.6 Å². The Morgan fingerprint density at radius 2 is 0.900 bits per heavy atom. The molecule has 4 heterocycles. The van der Waals surface area contributed by atoms with E-state index in [-0.39, 0.29) is 70.2 Å². The summed E-state index contributed by atoms with van der Waals surface area (Å²) >= 11 is 17.0. The van der Waals surface area contributed by atoms with Crippen molar-refractivity contribution in [2.24, 2.45) is 0 Å². The van der Waals surface area contributed by atoms with Crippen molar-refractivity contribution in [1.82, 2.24) is 5.48 Å². The fourth-order valence-corrected chi connectivity index (χ4v) is 11.9. The first-order valence-electron chi connectivity index (χ1n) is 34.4. The van der Waals surface area contributed by atoms with E-state index >= 15 is 0 Å². The van der Waals surface area contributed by atoms with Crippen LogP contribution in [0.5, 0.6) is 0 Å². The van der Waals surface area contributed by atoms with Crippen LogP contribution < -0.4 is 31.6 Å². The van der Waals surface area contributed by atoms with E-state index in [0.29, 0.717) is 66.4 Å². The van der Waals surface area contributed by atoms with Crippen LogP contribution in [0, 0.1) is 34.9 Å². The van der Waals surface area contributed by atoms with Crippen LogP contribution in [0.1, 0.15) is 114 Å². The van der Waals surface area contributed by atoms with Crippen molar-refractivity contribution in [2.45, 2.75) is 89.0 Å². The minimum atomic E-state index is -1.72. The maximum absolute atomic E-state index is 13.3. The molecule has 6 N–H and O–H groups in total. The Balaban J connectivity index is 0.000000230. The molecule has 9 aromatic rings. The first-order valence-corrected chi connectivity index (χ1v) is 42.2. The number of carbonyl (C=O) groups is 6. The molecule has 4 aliphatic heterocycles. The highest BCUT2D eigenvalue weighted by Crippen LogP contribution is 2.31. The third-order valence-corrected chi connectivity index (χ3v) is 17.5. The second-order valence-electron chi connectivity index (χ2n) is 24.3. The lowest BCUT2D eigenvalue weighted by Crippen LogP contribution is -2.28. The Morgan fingerprint density at radius 1 is 0.509 bits per heavy atom. The van der Waals surface area contributed by atoms with Gasteiger partial charge >= 0.3 is 23.3 Å². The summed E-state index contributed by atoms with van der Waals surface area (Å²) in [6, 6.07) is 52.7. The van der Waals surface area contributed by atoms with Gasteiger partial charge in [-0.05, 0) is 247 Å². The fraction of sp³-hybridized carbons (Fsp3) is 0.259. The second-order valence-corrected chi connectivity index (χ2v) is 32.5. The van der Waals surface area contributed by atoms with Gasteiger partial charge in [0.05, 0.1) is 25.3 Å². The molecule has 4 aliphatic rings. The van der Waals surface area contributed by atoms with Crippen LogP contribution in [0.2, 0.25) is 0 Å². The highest BCUT2D eigenvalue weighted by molar-refractivity contribution is 9.08. The van der Waals surface area contributed by atoms with Crippen LogP contribution in [-0.4, -0.2) is 97.0 Å². The highest BCUT2D eigenvalue weighted by Gasteiger charge is 2.21. The number of fused-ring (bicyclic) bond motifs is 4. The number of hydroxylamine groups is 1. The van der Waals surface area contributed by atoms with E-state index < -0.39 is 17.3 Å². The number of esters is 2. The predicted octanol–water partition coefficient (Wildman–Crippen LogP) is 19.8. The molecule has 0 saturated carbocycles. The molecule has 110 heavy (non-hydrogen) atoms. The monoisotopic (exact) mass is 1710 g/mol. The summed E-state index contributed by atoms with van der Waals surface area (Å²) in [5.41, 5.74) is 21.3. The maximum Gasteiger partial charge on any atom is 0.643 e. The number of Topliss-reactive ketones (excluding diaryl/α,β-unsaturated/α-hetero) is 1. The molecule has 9 aromatic carbocycles. The first kappa shape index (κ1) is 92.3. The summed E-state index contributed by atoms with van der Waals surface area (Å²) in [4.78, 5) is 70.0. The zero-order valence-electron chi connectivity index (χ0n) is 60.1. The summed E-state index contributed by atoms with van der Waals surface area (Å²) in [6.07, 6.45) is 8.03. The molecule has 13 rings (SSSR count). The van der Waals surface area contributed by atoms with Crippen molar-refractivity contribution in [1.29, 1.82) is 0 Å². The van der Waals surface area contributed by atoms with E-state index in [2.05, 4.69) is 41.1 Å². The molecule has 0 bridgehead atoms. The van der Waals surface area contributed by atoms with E-state index in [1.54, 1.807) is 78.3 Å². The number of alkyl halides is 3. The van der Waals surface area contributed by atoms with E-state index in [1.165, 1.54) is 80.9 Å². The summed E-state index contributed by atoms with van der Waals surface area (Å²) in [6.45, 7) is 4.35. The number of nitrogens with one attached hydrogen (secondary N) is 3. The SMILES string of the molecule is COC(=O)c1ccc(CBr)cc1.COC(=O)c1ccc(CN2CCCc3cc(F)ccc32)cc1.Fc1ccc2c(c1)CCCN2.Nc1ccc(F)cc1.O=C(CCCl)Cc1ccc(F)cc1.O=C(Cl)CCCl.O=C(NO)c1ccc(CN2CCCc3cc(F)ccc32)cc1.O=C1CCc2cc(F)ccc2N1.[Cl][Al]([Cl])[Cl]. The molecule has 15 nitrogen and oxygen atoms in total. The smallest absolute Gasteiger partial charge is 0.465 e. The molecule has 0 saturated heterocycles. The largest absolute Gasteiger partial charge is 0.643 e. The molecule has 0 spiro atoms. The van der Waals surface area contributed by atoms with Gasteiger partial charge in [0.15, 0.2) is 0 Å². The molecule has 0 radical (unpaired) electrons. The molecule has 0 aromatic heterocycles. The molecule has 2 amide bonds. The molecule has 29 heteroatoms. The minimum absolute atomic E-state index is 0.00843. The number of methoxy groups -OCH3 is 2.